The molecule has 7 nitrogen and oxygen atoms in total. The SMILES string of the molecule is CCC(CC)N1CCN(c2nc(=O)c3cc(C)cc([N+](=O)[O-])c3s2)CC1. The van der Waals surface area contributed by atoms with Crippen molar-refractivity contribution in [3.05, 3.63) is 38.2 Å². The molecule has 0 aliphatic carbocycles. The molecule has 2 heterocycles. The number of nitro benzene ring substituents is 1. The number of nitro groups is 1. The van der Waals surface area contributed by atoms with Crippen molar-refractivity contribution < 1.29 is 4.92 Å². The van der Waals surface area contributed by atoms with Crippen LogP contribution in [-0.2, 0) is 0 Å². The molecule has 0 saturated carbocycles. The van der Waals surface area contributed by atoms with Gasteiger partial charge in [0.05, 0.1) is 10.3 Å². The van der Waals surface area contributed by atoms with Crippen molar-refractivity contribution >= 4 is 32.2 Å². The molecular formula is C18H24N4O3S. The molecule has 2 aromatic rings. The number of aryl methyl sites for hydroxylation is 1. The molecule has 0 spiro atoms. The Balaban J connectivity index is 1.93. The minimum Gasteiger partial charge on any atom is -0.345 e. The summed E-state index contributed by atoms with van der Waals surface area (Å²) in [7, 11) is 0. The van der Waals surface area contributed by atoms with Gasteiger partial charge in [-0.25, -0.2) is 0 Å². The third-order valence-corrected chi connectivity index (χ3v) is 6.24. The van der Waals surface area contributed by atoms with Crippen LogP contribution < -0.4 is 10.5 Å². The summed E-state index contributed by atoms with van der Waals surface area (Å²) >= 11 is 1.25. The lowest BCUT2D eigenvalue weighted by molar-refractivity contribution is -0.382. The number of fused-ring (bicyclic) bond motifs is 1. The van der Waals surface area contributed by atoms with Gasteiger partial charge in [0.2, 0.25) is 0 Å². The molecule has 1 saturated heterocycles. The van der Waals surface area contributed by atoms with Crippen molar-refractivity contribution in [1.29, 1.82) is 0 Å². The largest absolute Gasteiger partial charge is 0.345 e. The van der Waals surface area contributed by atoms with Gasteiger partial charge in [0.1, 0.15) is 4.70 Å². The van der Waals surface area contributed by atoms with Gasteiger partial charge in [-0.15, -0.1) is 0 Å². The van der Waals surface area contributed by atoms with E-state index >= 15 is 0 Å². The maximum absolute atomic E-state index is 12.5. The lowest BCUT2D eigenvalue weighted by Crippen LogP contribution is -2.50. The van der Waals surface area contributed by atoms with E-state index in [4.69, 9.17) is 0 Å². The third kappa shape index (κ3) is 3.57. The lowest BCUT2D eigenvalue weighted by Gasteiger charge is -2.39. The fourth-order valence-electron chi connectivity index (χ4n) is 3.64. The van der Waals surface area contributed by atoms with Crippen LogP contribution in [0.25, 0.3) is 10.1 Å². The number of hydrogen-bond acceptors (Lipinski definition) is 7. The van der Waals surface area contributed by atoms with Crippen LogP contribution in [0.1, 0.15) is 32.3 Å². The summed E-state index contributed by atoms with van der Waals surface area (Å²) in [6.45, 7) is 9.57. The van der Waals surface area contributed by atoms with Crippen LogP contribution in [0.5, 0.6) is 0 Å². The Kier molecular flexibility index (Phi) is 5.52. The molecule has 1 aromatic heterocycles. The molecule has 1 aromatic carbocycles. The highest BCUT2D eigenvalue weighted by atomic mass is 32.1. The predicted octanol–water partition coefficient (Wildman–Crippen LogP) is 3.18. The molecule has 1 fully saturated rings. The minimum absolute atomic E-state index is 0.0126. The van der Waals surface area contributed by atoms with Crippen molar-refractivity contribution in [2.24, 2.45) is 0 Å². The summed E-state index contributed by atoms with van der Waals surface area (Å²) in [5.74, 6) is 0. The highest BCUT2D eigenvalue weighted by Crippen LogP contribution is 2.33. The number of aromatic nitrogens is 1. The van der Waals surface area contributed by atoms with E-state index in [0.29, 0.717) is 26.8 Å². The van der Waals surface area contributed by atoms with Crippen LogP contribution in [0.2, 0.25) is 0 Å². The molecular weight excluding hydrogens is 352 g/mol. The molecule has 0 amide bonds. The Morgan fingerprint density at radius 3 is 2.46 bits per heavy atom. The first-order chi connectivity index (χ1) is 12.4. The average molecular weight is 376 g/mol. The van der Waals surface area contributed by atoms with Crippen LogP contribution in [0.4, 0.5) is 10.8 Å². The van der Waals surface area contributed by atoms with Gasteiger partial charge < -0.3 is 4.90 Å². The summed E-state index contributed by atoms with van der Waals surface area (Å²) in [5.41, 5.74) is 0.297. The summed E-state index contributed by atoms with van der Waals surface area (Å²) in [5, 5.41) is 12.3. The zero-order valence-electron chi connectivity index (χ0n) is 15.4. The van der Waals surface area contributed by atoms with E-state index in [2.05, 4.69) is 28.6 Å². The quantitative estimate of drug-likeness (QED) is 0.589. The number of benzene rings is 1. The second-order valence-electron chi connectivity index (χ2n) is 6.71. The fourth-order valence-corrected chi connectivity index (χ4v) is 4.75. The topological polar surface area (TPSA) is 79.6 Å². The van der Waals surface area contributed by atoms with Gasteiger partial charge >= 0.3 is 0 Å². The van der Waals surface area contributed by atoms with E-state index in [1.165, 1.54) is 17.4 Å². The van der Waals surface area contributed by atoms with Crippen LogP contribution in [0.3, 0.4) is 0 Å². The van der Waals surface area contributed by atoms with E-state index in [9.17, 15) is 14.9 Å². The molecule has 140 valence electrons. The molecule has 0 radical (unpaired) electrons. The van der Waals surface area contributed by atoms with Crippen molar-refractivity contribution in [2.75, 3.05) is 31.1 Å². The van der Waals surface area contributed by atoms with Crippen molar-refractivity contribution in [1.82, 2.24) is 9.88 Å². The van der Waals surface area contributed by atoms with E-state index < -0.39 is 4.92 Å². The third-order valence-electron chi connectivity index (χ3n) is 5.07. The predicted molar refractivity (Wildman–Crippen MR) is 105 cm³/mol. The van der Waals surface area contributed by atoms with E-state index in [0.717, 1.165) is 39.0 Å². The van der Waals surface area contributed by atoms with Gasteiger partial charge in [-0.05, 0) is 31.4 Å². The molecule has 1 aliphatic heterocycles. The first kappa shape index (κ1) is 18.7. The molecule has 0 atom stereocenters. The zero-order valence-corrected chi connectivity index (χ0v) is 16.2. The molecule has 0 N–H and O–H groups in total. The molecule has 26 heavy (non-hydrogen) atoms. The first-order valence-electron chi connectivity index (χ1n) is 9.03. The molecule has 0 unspecified atom stereocenters. The van der Waals surface area contributed by atoms with E-state index in [-0.39, 0.29) is 11.2 Å². The van der Waals surface area contributed by atoms with Gasteiger partial charge in [0, 0.05) is 38.3 Å². The van der Waals surface area contributed by atoms with Gasteiger partial charge in [0.15, 0.2) is 5.13 Å². The highest BCUT2D eigenvalue weighted by Gasteiger charge is 2.25. The summed E-state index contributed by atoms with van der Waals surface area (Å²) < 4.78 is 0.415. The van der Waals surface area contributed by atoms with Gasteiger partial charge in [-0.1, -0.05) is 25.2 Å². The maximum atomic E-state index is 12.5. The Labute approximate surface area is 156 Å². The zero-order chi connectivity index (χ0) is 18.8. The van der Waals surface area contributed by atoms with Crippen molar-refractivity contribution in [2.45, 2.75) is 39.7 Å². The maximum Gasteiger partial charge on any atom is 0.287 e. The van der Waals surface area contributed by atoms with Crippen molar-refractivity contribution in [3.8, 4) is 0 Å². The van der Waals surface area contributed by atoms with Gasteiger partial charge in [-0.3, -0.25) is 19.8 Å². The lowest BCUT2D eigenvalue weighted by atomic mass is 10.1. The molecule has 0 bridgehead atoms. The Morgan fingerprint density at radius 1 is 1.23 bits per heavy atom. The number of hydrogen-bond donors (Lipinski definition) is 0. The smallest absolute Gasteiger partial charge is 0.287 e. The fraction of sp³-hybridized carbons (Fsp3) is 0.556. The molecule has 1 aliphatic rings. The standard InChI is InChI=1S/C18H24N4O3S/c1-4-13(5-2)20-6-8-21(9-7-20)18-19-17(23)14-10-12(3)11-15(22(24)25)16(14)26-18/h10-11,13H,4-9H2,1-3H3. The second kappa shape index (κ2) is 7.67. The second-order valence-corrected chi connectivity index (χ2v) is 7.69. The normalized spacial score (nSPS) is 15.8. The molecule has 8 heteroatoms. The average Bonchev–Trinajstić information content (AvgIpc) is 2.63. The monoisotopic (exact) mass is 376 g/mol. The Bertz CT molecular complexity index is 871. The van der Waals surface area contributed by atoms with Gasteiger partial charge in [-0.2, -0.15) is 4.98 Å². The van der Waals surface area contributed by atoms with Crippen LogP contribution in [-0.4, -0.2) is 47.0 Å². The summed E-state index contributed by atoms with van der Waals surface area (Å²) in [6.07, 6.45) is 2.26. The Hall–Kier alpha value is -2.06. The van der Waals surface area contributed by atoms with E-state index in [1.807, 2.05) is 0 Å². The van der Waals surface area contributed by atoms with Crippen LogP contribution in [0, 0.1) is 17.0 Å². The summed E-state index contributed by atoms with van der Waals surface area (Å²) in [6, 6.07) is 3.79. The summed E-state index contributed by atoms with van der Waals surface area (Å²) in [4.78, 5) is 32.3. The first-order valence-corrected chi connectivity index (χ1v) is 9.85. The number of rotatable bonds is 5. The molecule has 3 rings (SSSR count). The number of non-ortho nitro benzene ring substituents is 1. The van der Waals surface area contributed by atoms with E-state index in [1.54, 1.807) is 13.0 Å². The number of anilines is 1. The minimum atomic E-state index is -0.417. The Morgan fingerprint density at radius 2 is 1.88 bits per heavy atom. The number of nitrogens with zero attached hydrogens (tertiary/aromatic N) is 4. The highest BCUT2D eigenvalue weighted by molar-refractivity contribution is 7.22. The van der Waals surface area contributed by atoms with Crippen LogP contribution >= 0.6 is 11.3 Å². The van der Waals surface area contributed by atoms with Crippen molar-refractivity contribution in [3.63, 3.8) is 0 Å². The van der Waals surface area contributed by atoms with Gasteiger partial charge in [0.25, 0.3) is 11.2 Å². The van der Waals surface area contributed by atoms with Crippen LogP contribution in [0.15, 0.2) is 16.9 Å². The number of piperazine rings is 1.